The van der Waals surface area contributed by atoms with E-state index in [2.05, 4.69) is 30.7 Å². The lowest BCUT2D eigenvalue weighted by Gasteiger charge is -1.88. The van der Waals surface area contributed by atoms with Crippen molar-refractivity contribution in [2.45, 2.75) is 0 Å². The molecule has 4 nitrogen and oxygen atoms in total. The standard InChI is InChI=1S/C4H6BrNO3/c1-8-4(7)2-6-9-3-5/h2H,3H2,1H3. The summed E-state index contributed by atoms with van der Waals surface area (Å²) >= 11 is 2.93. The number of carbonyl (C=O) groups is 1. The molecular formula is C4H6BrNO3. The van der Waals surface area contributed by atoms with Gasteiger partial charge in [-0.25, -0.2) is 4.79 Å². The van der Waals surface area contributed by atoms with Crippen LogP contribution in [0.2, 0.25) is 0 Å². The maximum Gasteiger partial charge on any atom is 0.352 e. The molecule has 0 N–H and O–H groups in total. The van der Waals surface area contributed by atoms with E-state index in [9.17, 15) is 4.79 Å². The first kappa shape index (κ1) is 8.42. The van der Waals surface area contributed by atoms with Crippen LogP contribution < -0.4 is 0 Å². The molecule has 0 bridgehead atoms. The van der Waals surface area contributed by atoms with Crippen LogP contribution >= 0.6 is 15.9 Å². The Morgan fingerprint density at radius 2 is 2.56 bits per heavy atom. The minimum Gasteiger partial charge on any atom is -0.465 e. The Labute approximate surface area is 60.9 Å². The summed E-state index contributed by atoms with van der Waals surface area (Å²) in [6.45, 7) is 0. The topological polar surface area (TPSA) is 47.9 Å². The van der Waals surface area contributed by atoms with E-state index in [0.29, 0.717) is 0 Å². The highest BCUT2D eigenvalue weighted by Gasteiger charge is 1.89. The van der Waals surface area contributed by atoms with Gasteiger partial charge in [0.1, 0.15) is 0 Å². The molecule has 0 spiro atoms. The summed E-state index contributed by atoms with van der Waals surface area (Å²) in [6.07, 6.45) is 0.946. The molecule has 0 fully saturated rings. The van der Waals surface area contributed by atoms with E-state index in [0.717, 1.165) is 6.21 Å². The van der Waals surface area contributed by atoms with Crippen LogP contribution in [0.4, 0.5) is 0 Å². The van der Waals surface area contributed by atoms with Gasteiger partial charge in [-0.1, -0.05) is 5.16 Å². The molecule has 0 aromatic rings. The zero-order valence-electron chi connectivity index (χ0n) is 4.83. The molecule has 0 atom stereocenters. The third-order valence-corrected chi connectivity index (χ3v) is 0.687. The fourth-order valence-electron chi connectivity index (χ4n) is 0.161. The summed E-state index contributed by atoms with van der Waals surface area (Å²) in [4.78, 5) is 14.6. The van der Waals surface area contributed by atoms with Gasteiger partial charge in [0.05, 0.1) is 7.11 Å². The van der Waals surface area contributed by atoms with Crippen molar-refractivity contribution in [3.63, 3.8) is 0 Å². The van der Waals surface area contributed by atoms with Crippen LogP contribution in [0.5, 0.6) is 0 Å². The molecule has 5 heteroatoms. The highest BCUT2D eigenvalue weighted by atomic mass is 79.9. The van der Waals surface area contributed by atoms with Gasteiger partial charge in [0.15, 0.2) is 11.7 Å². The molecule has 0 radical (unpaired) electrons. The number of esters is 1. The lowest BCUT2D eigenvalue weighted by atomic mass is 10.8. The molecule has 0 aromatic heterocycles. The quantitative estimate of drug-likeness (QED) is 0.286. The van der Waals surface area contributed by atoms with E-state index in [1.165, 1.54) is 7.11 Å². The summed E-state index contributed by atoms with van der Waals surface area (Å²) in [5, 5.41) is 3.21. The van der Waals surface area contributed by atoms with E-state index >= 15 is 0 Å². The van der Waals surface area contributed by atoms with Crippen LogP contribution in [-0.2, 0) is 14.4 Å². The van der Waals surface area contributed by atoms with Gasteiger partial charge in [-0.15, -0.1) is 0 Å². The summed E-state index contributed by atoms with van der Waals surface area (Å²) < 4.78 is 4.21. The van der Waals surface area contributed by atoms with E-state index in [-0.39, 0.29) is 5.52 Å². The molecule has 0 heterocycles. The number of methoxy groups -OCH3 is 1. The van der Waals surface area contributed by atoms with Crippen molar-refractivity contribution in [2.24, 2.45) is 5.16 Å². The van der Waals surface area contributed by atoms with Gasteiger partial charge in [0, 0.05) is 0 Å². The van der Waals surface area contributed by atoms with Crippen molar-refractivity contribution in [1.82, 2.24) is 0 Å². The molecule has 52 valence electrons. The lowest BCUT2D eigenvalue weighted by Crippen LogP contribution is -2.00. The molecule has 0 aliphatic heterocycles. The number of ether oxygens (including phenoxy) is 1. The number of hydrogen-bond donors (Lipinski definition) is 0. The minimum absolute atomic E-state index is 0.264. The summed E-state index contributed by atoms with van der Waals surface area (Å²) in [5.41, 5.74) is 0.264. The van der Waals surface area contributed by atoms with Crippen molar-refractivity contribution in [1.29, 1.82) is 0 Å². The van der Waals surface area contributed by atoms with Gasteiger partial charge in [-0.2, -0.15) is 0 Å². The Kier molecular flexibility index (Phi) is 5.20. The van der Waals surface area contributed by atoms with Crippen molar-refractivity contribution in [3.8, 4) is 0 Å². The first-order valence-corrected chi connectivity index (χ1v) is 3.22. The highest BCUT2D eigenvalue weighted by molar-refractivity contribution is 9.09. The Bertz CT molecular complexity index is 114. The molecule has 0 aliphatic rings. The summed E-state index contributed by atoms with van der Waals surface area (Å²) in [5.74, 6) is -0.532. The van der Waals surface area contributed by atoms with Crippen LogP contribution in [0.3, 0.4) is 0 Å². The Balaban J connectivity index is 3.32. The third-order valence-electron chi connectivity index (χ3n) is 0.483. The maximum absolute atomic E-state index is 10.2. The van der Waals surface area contributed by atoms with Crippen LogP contribution in [-0.4, -0.2) is 24.8 Å². The van der Waals surface area contributed by atoms with Crippen LogP contribution in [0.25, 0.3) is 0 Å². The number of alkyl halides is 1. The maximum atomic E-state index is 10.2. The number of nitrogens with zero attached hydrogens (tertiary/aromatic N) is 1. The van der Waals surface area contributed by atoms with Crippen LogP contribution in [0.1, 0.15) is 0 Å². The zero-order chi connectivity index (χ0) is 7.11. The molecule has 0 aromatic carbocycles. The van der Waals surface area contributed by atoms with Gasteiger partial charge in [0.25, 0.3) is 0 Å². The molecule has 0 aliphatic carbocycles. The van der Waals surface area contributed by atoms with Gasteiger partial charge >= 0.3 is 5.97 Å². The summed E-state index contributed by atoms with van der Waals surface area (Å²) in [7, 11) is 1.27. The Morgan fingerprint density at radius 3 is 3.00 bits per heavy atom. The Hall–Kier alpha value is -0.580. The monoisotopic (exact) mass is 195 g/mol. The molecule has 0 amide bonds. The largest absolute Gasteiger partial charge is 0.465 e. The fourth-order valence-corrected chi connectivity index (χ4v) is 0.279. The molecule has 0 saturated heterocycles. The molecule has 0 saturated carbocycles. The average molecular weight is 196 g/mol. The predicted molar refractivity (Wildman–Crippen MR) is 35.4 cm³/mol. The second kappa shape index (κ2) is 5.55. The van der Waals surface area contributed by atoms with Crippen molar-refractivity contribution >= 4 is 28.1 Å². The number of halogens is 1. The van der Waals surface area contributed by atoms with Crippen LogP contribution in [0.15, 0.2) is 5.16 Å². The fraction of sp³-hybridized carbons (Fsp3) is 0.500. The smallest absolute Gasteiger partial charge is 0.352 e. The van der Waals surface area contributed by atoms with Gasteiger partial charge < -0.3 is 9.57 Å². The second-order valence-corrected chi connectivity index (χ2v) is 1.45. The molecule has 9 heavy (non-hydrogen) atoms. The number of rotatable bonds is 3. The van der Waals surface area contributed by atoms with Gasteiger partial charge in [0.2, 0.25) is 0 Å². The predicted octanol–water partition coefficient (Wildman–Crippen LogP) is 0.514. The SMILES string of the molecule is COC(=O)C=NOCBr. The van der Waals surface area contributed by atoms with Crippen LogP contribution in [0, 0.1) is 0 Å². The number of oxime groups is 1. The van der Waals surface area contributed by atoms with E-state index < -0.39 is 5.97 Å². The van der Waals surface area contributed by atoms with E-state index in [4.69, 9.17) is 0 Å². The first-order chi connectivity index (χ1) is 4.31. The van der Waals surface area contributed by atoms with Crippen molar-refractivity contribution < 1.29 is 14.4 Å². The third kappa shape index (κ3) is 5.29. The van der Waals surface area contributed by atoms with Crippen molar-refractivity contribution in [2.75, 3.05) is 12.6 Å². The lowest BCUT2D eigenvalue weighted by molar-refractivity contribution is -0.132. The molecule has 0 rings (SSSR count). The first-order valence-electron chi connectivity index (χ1n) is 2.10. The molecular weight excluding hydrogens is 190 g/mol. The van der Waals surface area contributed by atoms with Gasteiger partial charge in [-0.3, -0.25) is 0 Å². The zero-order valence-corrected chi connectivity index (χ0v) is 6.42. The summed E-state index contributed by atoms with van der Waals surface area (Å²) in [6, 6.07) is 0. The molecule has 0 unspecified atom stereocenters. The van der Waals surface area contributed by atoms with Gasteiger partial charge in [-0.05, 0) is 15.9 Å². The average Bonchev–Trinajstić information content (AvgIpc) is 1.89. The van der Waals surface area contributed by atoms with Crippen molar-refractivity contribution in [3.05, 3.63) is 0 Å². The normalized spacial score (nSPS) is 9.56. The van der Waals surface area contributed by atoms with E-state index in [1.807, 2.05) is 0 Å². The minimum atomic E-state index is -0.532. The van der Waals surface area contributed by atoms with E-state index in [1.54, 1.807) is 0 Å². The Morgan fingerprint density at radius 1 is 1.89 bits per heavy atom. The highest BCUT2D eigenvalue weighted by Crippen LogP contribution is 1.81. The second-order valence-electron chi connectivity index (χ2n) is 0.996. The number of carbonyl (C=O) groups excluding carboxylic acids is 1. The number of hydrogen-bond acceptors (Lipinski definition) is 4.